The first-order chi connectivity index (χ1) is 13.6. The van der Waals surface area contributed by atoms with E-state index in [2.05, 4.69) is 19.9 Å². The molecule has 1 saturated heterocycles. The van der Waals surface area contributed by atoms with Crippen molar-refractivity contribution in [3.05, 3.63) is 11.6 Å². The molecule has 29 heavy (non-hydrogen) atoms. The minimum absolute atomic E-state index is 0.100. The zero-order valence-corrected chi connectivity index (χ0v) is 18.2. The molecule has 1 spiro atoms. The second kappa shape index (κ2) is 6.55. The van der Waals surface area contributed by atoms with Crippen LogP contribution in [0.2, 0.25) is 0 Å². The quantitative estimate of drug-likeness (QED) is 0.573. The zero-order chi connectivity index (χ0) is 21.2. The lowest BCUT2D eigenvalue weighted by Crippen LogP contribution is -2.58. The highest BCUT2D eigenvalue weighted by molar-refractivity contribution is 5.77. The standard InChI is InChI=1S/C23H34O6/c1-14(25)28-17-11-16-20(2)8-6-9-21(3,19(26)27-5)15(20)7-10-23(16)13-22(17,4)18(12-24)29-23/h11,15,17-18,24H,6-10,12-13H2,1-5H3/t15-,17-,18+,20+,21+,22+,23-/m0/s1. The Morgan fingerprint density at radius 3 is 2.59 bits per heavy atom. The van der Waals surface area contributed by atoms with Gasteiger partial charge >= 0.3 is 11.9 Å². The lowest BCUT2D eigenvalue weighted by atomic mass is 9.45. The Labute approximate surface area is 173 Å². The normalized spacial score (nSPS) is 48.2. The summed E-state index contributed by atoms with van der Waals surface area (Å²) in [6.45, 7) is 7.66. The van der Waals surface area contributed by atoms with Crippen LogP contribution in [-0.2, 0) is 23.8 Å². The molecule has 1 aliphatic heterocycles. The molecular weight excluding hydrogens is 372 g/mol. The lowest BCUT2D eigenvalue weighted by Gasteiger charge is -2.60. The van der Waals surface area contributed by atoms with Crippen molar-refractivity contribution in [1.29, 1.82) is 0 Å². The fourth-order valence-electron chi connectivity index (χ4n) is 7.39. The van der Waals surface area contributed by atoms with Crippen molar-refractivity contribution in [3.63, 3.8) is 0 Å². The number of ether oxygens (including phenoxy) is 3. The predicted octanol–water partition coefficient (Wildman–Crippen LogP) is 3.16. The largest absolute Gasteiger partial charge is 0.469 e. The smallest absolute Gasteiger partial charge is 0.311 e. The van der Waals surface area contributed by atoms with Crippen LogP contribution in [0.15, 0.2) is 11.6 Å². The molecule has 1 N–H and O–H groups in total. The van der Waals surface area contributed by atoms with Gasteiger partial charge in [0.15, 0.2) is 0 Å². The van der Waals surface area contributed by atoms with Gasteiger partial charge in [-0.2, -0.15) is 0 Å². The number of rotatable bonds is 3. The van der Waals surface area contributed by atoms with Crippen molar-refractivity contribution in [2.45, 2.75) is 84.0 Å². The highest BCUT2D eigenvalue weighted by Gasteiger charge is 2.68. The Morgan fingerprint density at radius 1 is 1.24 bits per heavy atom. The molecule has 3 fully saturated rings. The van der Waals surface area contributed by atoms with Crippen LogP contribution in [0.1, 0.15) is 66.2 Å². The summed E-state index contributed by atoms with van der Waals surface area (Å²) in [7, 11) is 1.47. The highest BCUT2D eigenvalue weighted by Crippen LogP contribution is 2.69. The Balaban J connectivity index is 1.82. The van der Waals surface area contributed by atoms with E-state index >= 15 is 0 Å². The molecule has 0 unspecified atom stereocenters. The van der Waals surface area contributed by atoms with Crippen LogP contribution < -0.4 is 0 Å². The molecule has 0 amide bonds. The third-order valence-electron chi connectivity index (χ3n) is 8.72. The lowest BCUT2D eigenvalue weighted by molar-refractivity contribution is -0.168. The third kappa shape index (κ3) is 2.67. The Kier molecular flexibility index (Phi) is 4.71. The Bertz CT molecular complexity index is 760. The first-order valence-corrected chi connectivity index (χ1v) is 10.8. The zero-order valence-electron chi connectivity index (χ0n) is 18.2. The summed E-state index contributed by atoms with van der Waals surface area (Å²) in [6.07, 6.45) is 6.43. The first-order valence-electron chi connectivity index (χ1n) is 10.8. The van der Waals surface area contributed by atoms with E-state index in [1.54, 1.807) is 0 Å². The maximum Gasteiger partial charge on any atom is 0.311 e. The van der Waals surface area contributed by atoms with Gasteiger partial charge in [-0.3, -0.25) is 9.59 Å². The van der Waals surface area contributed by atoms with Crippen molar-refractivity contribution in [1.82, 2.24) is 0 Å². The van der Waals surface area contributed by atoms with Gasteiger partial charge in [0, 0.05) is 12.3 Å². The highest BCUT2D eigenvalue weighted by atomic mass is 16.6. The van der Waals surface area contributed by atoms with Crippen LogP contribution in [0, 0.1) is 22.2 Å². The molecule has 3 aliphatic carbocycles. The molecule has 4 rings (SSSR count). The molecule has 0 aromatic carbocycles. The maximum absolute atomic E-state index is 12.8. The summed E-state index contributed by atoms with van der Waals surface area (Å²) >= 11 is 0. The summed E-state index contributed by atoms with van der Waals surface area (Å²) in [5.74, 6) is -0.320. The van der Waals surface area contributed by atoms with E-state index < -0.39 is 22.5 Å². The fourth-order valence-corrected chi connectivity index (χ4v) is 7.39. The second-order valence-corrected chi connectivity index (χ2v) is 10.3. The van der Waals surface area contributed by atoms with Gasteiger partial charge < -0.3 is 19.3 Å². The van der Waals surface area contributed by atoms with Crippen LogP contribution in [0.4, 0.5) is 0 Å². The molecule has 162 valence electrons. The molecule has 4 aliphatic rings. The van der Waals surface area contributed by atoms with Crippen LogP contribution in [0.5, 0.6) is 0 Å². The van der Waals surface area contributed by atoms with E-state index in [0.717, 1.165) is 44.1 Å². The van der Waals surface area contributed by atoms with Crippen molar-refractivity contribution >= 4 is 11.9 Å². The summed E-state index contributed by atoms with van der Waals surface area (Å²) in [5, 5.41) is 10.1. The minimum atomic E-state index is -0.531. The molecule has 0 aromatic heterocycles. The number of fused-ring (bicyclic) bond motifs is 3. The summed E-state index contributed by atoms with van der Waals surface area (Å²) in [4.78, 5) is 24.6. The van der Waals surface area contributed by atoms with E-state index in [-0.39, 0.29) is 36.0 Å². The number of methoxy groups -OCH3 is 1. The number of hydrogen-bond donors (Lipinski definition) is 1. The Morgan fingerprint density at radius 2 is 1.97 bits per heavy atom. The van der Waals surface area contributed by atoms with Crippen molar-refractivity contribution in [2.24, 2.45) is 22.2 Å². The predicted molar refractivity (Wildman–Crippen MR) is 106 cm³/mol. The van der Waals surface area contributed by atoms with Crippen molar-refractivity contribution in [3.8, 4) is 0 Å². The molecule has 0 radical (unpaired) electrons. The molecule has 6 nitrogen and oxygen atoms in total. The summed E-state index contributed by atoms with van der Waals surface area (Å²) in [6, 6.07) is 0. The monoisotopic (exact) mass is 406 g/mol. The van der Waals surface area contributed by atoms with E-state index in [0.29, 0.717) is 0 Å². The average molecular weight is 407 g/mol. The number of carbonyl (C=O) groups is 2. The number of esters is 2. The third-order valence-corrected chi connectivity index (χ3v) is 8.72. The molecule has 1 heterocycles. The van der Waals surface area contributed by atoms with Gasteiger partial charge in [-0.15, -0.1) is 0 Å². The van der Waals surface area contributed by atoms with Gasteiger partial charge in [0.1, 0.15) is 6.10 Å². The van der Waals surface area contributed by atoms with Crippen LogP contribution in [0.3, 0.4) is 0 Å². The van der Waals surface area contributed by atoms with Crippen molar-refractivity contribution < 1.29 is 28.9 Å². The minimum Gasteiger partial charge on any atom is -0.469 e. The number of carbonyl (C=O) groups excluding carboxylic acids is 2. The van der Waals surface area contributed by atoms with Gasteiger partial charge in [0.25, 0.3) is 0 Å². The van der Waals surface area contributed by atoms with Gasteiger partial charge in [-0.1, -0.05) is 20.3 Å². The number of hydrogen-bond acceptors (Lipinski definition) is 6. The van der Waals surface area contributed by atoms with E-state index in [1.807, 2.05) is 6.92 Å². The topological polar surface area (TPSA) is 82.1 Å². The number of aliphatic hydroxyl groups is 1. The van der Waals surface area contributed by atoms with Crippen molar-refractivity contribution in [2.75, 3.05) is 13.7 Å². The van der Waals surface area contributed by atoms with E-state index in [1.165, 1.54) is 14.0 Å². The SMILES string of the molecule is COC(=O)[C@]1(C)CCC[C@@]2(C)C3=C[C@H](OC(C)=O)[C@@]4(C)C[C@]3(CC[C@H]12)O[C@@H]4CO. The van der Waals surface area contributed by atoms with Crippen LogP contribution in [0.25, 0.3) is 0 Å². The fraction of sp³-hybridized carbons (Fsp3) is 0.826. The molecule has 6 heteroatoms. The molecule has 0 aromatic rings. The molecule has 2 bridgehead atoms. The van der Waals surface area contributed by atoms with Crippen LogP contribution >= 0.6 is 0 Å². The van der Waals surface area contributed by atoms with E-state index in [4.69, 9.17) is 14.2 Å². The number of aliphatic hydroxyl groups excluding tert-OH is 1. The van der Waals surface area contributed by atoms with E-state index in [9.17, 15) is 14.7 Å². The van der Waals surface area contributed by atoms with Gasteiger partial charge in [0.2, 0.25) is 0 Å². The molecule has 7 atom stereocenters. The summed E-state index contributed by atoms with van der Waals surface area (Å²) in [5.41, 5.74) is -0.498. The van der Waals surface area contributed by atoms with Crippen LogP contribution in [-0.4, -0.2) is 48.6 Å². The van der Waals surface area contributed by atoms with Gasteiger partial charge in [-0.05, 0) is 62.0 Å². The van der Waals surface area contributed by atoms with Gasteiger partial charge in [-0.25, -0.2) is 0 Å². The second-order valence-electron chi connectivity index (χ2n) is 10.3. The average Bonchev–Trinajstić information content (AvgIpc) is 2.90. The maximum atomic E-state index is 12.8. The summed E-state index contributed by atoms with van der Waals surface area (Å²) < 4.78 is 17.5. The Hall–Kier alpha value is -1.40. The molecule has 2 saturated carbocycles. The first kappa shape index (κ1) is 20.9. The molecular formula is C23H34O6. The van der Waals surface area contributed by atoms with Gasteiger partial charge in [0.05, 0.1) is 30.8 Å².